The van der Waals surface area contributed by atoms with Crippen molar-refractivity contribution in [1.29, 1.82) is 0 Å². The van der Waals surface area contributed by atoms with Crippen molar-refractivity contribution in [2.45, 2.75) is 50.2 Å². The predicted octanol–water partition coefficient (Wildman–Crippen LogP) is 6.87. The first-order valence-corrected chi connectivity index (χ1v) is 18.0. The van der Waals surface area contributed by atoms with Crippen molar-refractivity contribution in [3.8, 4) is 11.5 Å². The van der Waals surface area contributed by atoms with Crippen molar-refractivity contribution in [2.75, 3.05) is 25.1 Å². The maximum Gasteiger partial charge on any atom is 0.264 e. The van der Waals surface area contributed by atoms with Gasteiger partial charge >= 0.3 is 0 Å². The fraction of sp³-hybridized carbons (Fsp3) is 0.278. The molecule has 0 aromatic heterocycles. The predicted molar refractivity (Wildman–Crippen MR) is 192 cm³/mol. The standard InChI is InChI=1S/C36H39BrClN3O6S/c1-5-25(2)39-36(43)32(21-26-10-7-6-8-11-26)40(23-27-12-9-13-28(37)20-27)35(42)24-41(30-16-14-29(38)15-17-30)48(44,45)31-18-19-33(46-3)34(22-31)47-4/h6-20,22,25,32H,5,21,23-24H2,1-4H3,(H,39,43)/t25-,32-/m0/s1. The number of anilines is 1. The third-order valence-corrected chi connectivity index (χ3v) is 10.4. The van der Waals surface area contributed by atoms with Crippen LogP contribution in [0.3, 0.4) is 0 Å². The van der Waals surface area contributed by atoms with Crippen LogP contribution in [-0.2, 0) is 32.6 Å². The Kier molecular flexibility index (Phi) is 12.9. The minimum absolute atomic E-state index is 0.0502. The van der Waals surface area contributed by atoms with Crippen molar-refractivity contribution in [3.05, 3.63) is 118 Å². The monoisotopic (exact) mass is 755 g/mol. The number of nitrogens with zero attached hydrogens (tertiary/aromatic N) is 2. The zero-order valence-electron chi connectivity index (χ0n) is 27.2. The molecule has 48 heavy (non-hydrogen) atoms. The highest BCUT2D eigenvalue weighted by Gasteiger charge is 2.35. The van der Waals surface area contributed by atoms with E-state index in [9.17, 15) is 18.0 Å². The summed E-state index contributed by atoms with van der Waals surface area (Å²) in [5.74, 6) is -0.352. The molecule has 12 heteroatoms. The van der Waals surface area contributed by atoms with Gasteiger partial charge in [-0.3, -0.25) is 13.9 Å². The van der Waals surface area contributed by atoms with Crippen LogP contribution in [-0.4, -0.2) is 58.0 Å². The Morgan fingerprint density at radius 3 is 2.17 bits per heavy atom. The molecule has 0 saturated carbocycles. The Hall–Kier alpha value is -4.06. The largest absolute Gasteiger partial charge is 0.493 e. The minimum Gasteiger partial charge on any atom is -0.493 e. The molecular formula is C36H39BrClN3O6S. The molecule has 0 aliphatic rings. The van der Waals surface area contributed by atoms with Crippen LogP contribution in [0.15, 0.2) is 106 Å². The Balaban J connectivity index is 1.83. The van der Waals surface area contributed by atoms with Gasteiger partial charge in [-0.15, -0.1) is 0 Å². The lowest BCUT2D eigenvalue weighted by atomic mass is 10.0. The molecule has 4 rings (SSSR count). The quantitative estimate of drug-likeness (QED) is 0.142. The van der Waals surface area contributed by atoms with Crippen LogP contribution in [0.5, 0.6) is 11.5 Å². The van der Waals surface area contributed by atoms with Gasteiger partial charge in [0.2, 0.25) is 11.8 Å². The number of carbonyl (C=O) groups excluding carboxylic acids is 2. The summed E-state index contributed by atoms with van der Waals surface area (Å²) in [6, 6.07) is 26.1. The number of amides is 2. The Labute approximate surface area is 296 Å². The van der Waals surface area contributed by atoms with Gasteiger partial charge in [-0.1, -0.05) is 76.9 Å². The second kappa shape index (κ2) is 16.9. The van der Waals surface area contributed by atoms with Gasteiger partial charge in [-0.25, -0.2) is 8.42 Å². The molecule has 0 spiro atoms. The molecule has 0 saturated heterocycles. The van der Waals surface area contributed by atoms with Gasteiger partial charge in [0.15, 0.2) is 11.5 Å². The highest BCUT2D eigenvalue weighted by Crippen LogP contribution is 2.33. The molecular weight excluding hydrogens is 718 g/mol. The molecule has 0 unspecified atom stereocenters. The summed E-state index contributed by atoms with van der Waals surface area (Å²) in [4.78, 5) is 30.0. The molecule has 0 aliphatic carbocycles. The number of hydrogen-bond acceptors (Lipinski definition) is 6. The zero-order chi connectivity index (χ0) is 34.8. The maximum atomic E-state index is 14.6. The van der Waals surface area contributed by atoms with E-state index in [0.717, 1.165) is 19.9 Å². The maximum absolute atomic E-state index is 14.6. The first-order valence-electron chi connectivity index (χ1n) is 15.3. The van der Waals surface area contributed by atoms with E-state index < -0.39 is 28.5 Å². The average molecular weight is 757 g/mol. The van der Waals surface area contributed by atoms with E-state index in [0.29, 0.717) is 17.2 Å². The number of ether oxygens (including phenoxy) is 2. The number of benzene rings is 4. The topological polar surface area (TPSA) is 105 Å². The summed E-state index contributed by atoms with van der Waals surface area (Å²) in [5, 5.41) is 3.44. The van der Waals surface area contributed by atoms with Crippen molar-refractivity contribution < 1.29 is 27.5 Å². The van der Waals surface area contributed by atoms with Crippen LogP contribution in [0.4, 0.5) is 5.69 Å². The summed E-state index contributed by atoms with van der Waals surface area (Å²) in [6.07, 6.45) is 0.906. The number of nitrogens with one attached hydrogen (secondary N) is 1. The number of rotatable bonds is 15. The molecule has 0 heterocycles. The Morgan fingerprint density at radius 1 is 0.875 bits per heavy atom. The van der Waals surface area contributed by atoms with Crippen molar-refractivity contribution >= 4 is 55.1 Å². The summed E-state index contributed by atoms with van der Waals surface area (Å²) in [7, 11) is -1.50. The highest BCUT2D eigenvalue weighted by molar-refractivity contribution is 9.10. The van der Waals surface area contributed by atoms with Gasteiger partial charge in [-0.2, -0.15) is 0 Å². The van der Waals surface area contributed by atoms with Crippen LogP contribution in [0.1, 0.15) is 31.4 Å². The highest BCUT2D eigenvalue weighted by atomic mass is 79.9. The third-order valence-electron chi connectivity index (χ3n) is 7.85. The molecule has 2 amide bonds. The van der Waals surface area contributed by atoms with E-state index in [1.54, 1.807) is 12.1 Å². The fourth-order valence-corrected chi connectivity index (χ4v) is 7.07. The van der Waals surface area contributed by atoms with Crippen LogP contribution in [0.25, 0.3) is 0 Å². The van der Waals surface area contributed by atoms with Crippen LogP contribution < -0.4 is 19.1 Å². The SMILES string of the molecule is CC[C@H](C)NC(=O)[C@H](Cc1ccccc1)N(Cc1cccc(Br)c1)C(=O)CN(c1ccc(Cl)cc1)S(=O)(=O)c1ccc(OC)c(OC)c1. The molecule has 2 atom stereocenters. The van der Waals surface area contributed by atoms with Crippen molar-refractivity contribution in [3.63, 3.8) is 0 Å². The Morgan fingerprint density at radius 2 is 1.54 bits per heavy atom. The van der Waals surface area contributed by atoms with E-state index >= 15 is 0 Å². The molecule has 254 valence electrons. The average Bonchev–Trinajstić information content (AvgIpc) is 3.09. The number of hydrogen-bond donors (Lipinski definition) is 1. The third kappa shape index (κ3) is 9.30. The summed E-state index contributed by atoms with van der Waals surface area (Å²) >= 11 is 9.67. The fourth-order valence-electron chi connectivity index (χ4n) is 5.07. The lowest BCUT2D eigenvalue weighted by Crippen LogP contribution is -2.54. The summed E-state index contributed by atoms with van der Waals surface area (Å²) in [5.41, 5.74) is 1.82. The summed E-state index contributed by atoms with van der Waals surface area (Å²) in [6.45, 7) is 3.31. The van der Waals surface area contributed by atoms with E-state index in [1.807, 2.05) is 68.4 Å². The van der Waals surface area contributed by atoms with Crippen molar-refractivity contribution in [2.24, 2.45) is 0 Å². The number of methoxy groups -OCH3 is 2. The van der Waals surface area contributed by atoms with E-state index in [-0.39, 0.29) is 41.2 Å². The summed E-state index contributed by atoms with van der Waals surface area (Å²) < 4.78 is 41.2. The van der Waals surface area contributed by atoms with Gasteiger partial charge in [0.1, 0.15) is 12.6 Å². The van der Waals surface area contributed by atoms with E-state index in [2.05, 4.69) is 21.2 Å². The zero-order valence-corrected chi connectivity index (χ0v) is 30.4. The molecule has 4 aromatic carbocycles. The first-order chi connectivity index (χ1) is 23.0. The van der Waals surface area contributed by atoms with Gasteiger partial charge in [0.05, 0.1) is 24.8 Å². The van der Waals surface area contributed by atoms with Crippen LogP contribution in [0.2, 0.25) is 5.02 Å². The Bertz CT molecular complexity index is 1810. The first kappa shape index (κ1) is 36.8. The van der Waals surface area contributed by atoms with Crippen molar-refractivity contribution in [1.82, 2.24) is 10.2 Å². The minimum atomic E-state index is -4.36. The van der Waals surface area contributed by atoms with Gasteiger partial charge in [0, 0.05) is 34.6 Å². The second-order valence-corrected chi connectivity index (χ2v) is 14.4. The van der Waals surface area contributed by atoms with Gasteiger partial charge in [0.25, 0.3) is 10.0 Å². The number of sulfonamides is 1. The number of carbonyl (C=O) groups is 2. The van der Waals surface area contributed by atoms with Crippen LogP contribution >= 0.6 is 27.5 Å². The second-order valence-electron chi connectivity index (χ2n) is 11.2. The van der Waals surface area contributed by atoms with E-state index in [4.69, 9.17) is 21.1 Å². The smallest absolute Gasteiger partial charge is 0.264 e. The lowest BCUT2D eigenvalue weighted by molar-refractivity contribution is -0.140. The molecule has 0 aliphatic heterocycles. The molecule has 0 bridgehead atoms. The normalized spacial score (nSPS) is 12.5. The molecule has 9 nitrogen and oxygen atoms in total. The molecule has 0 radical (unpaired) electrons. The van der Waals surface area contributed by atoms with E-state index in [1.165, 1.54) is 49.5 Å². The van der Waals surface area contributed by atoms with Crippen LogP contribution in [0, 0.1) is 0 Å². The molecule has 4 aromatic rings. The molecule has 1 N–H and O–H groups in total. The lowest BCUT2D eigenvalue weighted by Gasteiger charge is -2.34. The van der Waals surface area contributed by atoms with Gasteiger partial charge in [-0.05, 0) is 73.0 Å². The van der Waals surface area contributed by atoms with Gasteiger partial charge < -0.3 is 19.7 Å². The number of halogens is 2. The molecule has 0 fully saturated rings.